The maximum atomic E-state index is 13.7. The lowest BCUT2D eigenvalue weighted by Gasteiger charge is -2.23. The van der Waals surface area contributed by atoms with Crippen LogP contribution in [0.5, 0.6) is 0 Å². The number of alkyl halides is 3. The van der Waals surface area contributed by atoms with Gasteiger partial charge in [0.25, 0.3) is 5.91 Å². The summed E-state index contributed by atoms with van der Waals surface area (Å²) >= 11 is 0. The molecule has 158 valence electrons. The average Bonchev–Trinajstić information content (AvgIpc) is 3.32. The highest BCUT2D eigenvalue weighted by atomic mass is 19.4. The fourth-order valence-corrected chi connectivity index (χ4v) is 3.85. The lowest BCUT2D eigenvalue weighted by atomic mass is 10.1. The van der Waals surface area contributed by atoms with E-state index in [0.29, 0.717) is 35.6 Å². The van der Waals surface area contributed by atoms with Crippen LogP contribution >= 0.6 is 0 Å². The summed E-state index contributed by atoms with van der Waals surface area (Å²) in [5.41, 5.74) is 1.16. The predicted molar refractivity (Wildman–Crippen MR) is 104 cm³/mol. The Kier molecular flexibility index (Phi) is 4.99. The monoisotopic (exact) mass is 417 g/mol. The van der Waals surface area contributed by atoms with Crippen molar-refractivity contribution in [2.45, 2.75) is 51.7 Å². The first kappa shape index (κ1) is 20.3. The molecule has 6 nitrogen and oxygen atoms in total. The van der Waals surface area contributed by atoms with Crippen LogP contribution in [0.4, 0.5) is 13.2 Å². The molecule has 0 bridgehead atoms. The van der Waals surface area contributed by atoms with Crippen molar-refractivity contribution in [2.75, 3.05) is 6.54 Å². The van der Waals surface area contributed by atoms with Gasteiger partial charge in [-0.15, -0.1) is 0 Å². The molecule has 9 heteroatoms. The molecule has 1 amide bonds. The van der Waals surface area contributed by atoms with Crippen molar-refractivity contribution < 1.29 is 18.0 Å². The van der Waals surface area contributed by atoms with Gasteiger partial charge in [-0.25, -0.2) is 9.50 Å². The summed E-state index contributed by atoms with van der Waals surface area (Å²) in [6.07, 6.45) is -1.56. The second-order valence-electron chi connectivity index (χ2n) is 7.85. The maximum absolute atomic E-state index is 13.7. The number of aromatic nitrogens is 4. The predicted octanol–water partition coefficient (Wildman–Crippen LogP) is 4.55. The molecule has 1 aliphatic rings. The van der Waals surface area contributed by atoms with Crippen LogP contribution in [0.3, 0.4) is 0 Å². The lowest BCUT2D eigenvalue weighted by Crippen LogP contribution is -2.31. The Morgan fingerprint density at radius 2 is 2.03 bits per heavy atom. The Morgan fingerprint density at radius 3 is 2.70 bits per heavy atom. The number of amides is 1. The highest BCUT2D eigenvalue weighted by molar-refractivity contribution is 5.95. The topological polar surface area (TPSA) is 63.4 Å². The Bertz CT molecular complexity index is 1110. The molecule has 1 atom stereocenters. The fourth-order valence-electron chi connectivity index (χ4n) is 3.85. The van der Waals surface area contributed by atoms with Crippen LogP contribution in [-0.4, -0.2) is 36.9 Å². The van der Waals surface area contributed by atoms with Gasteiger partial charge in [0, 0.05) is 30.2 Å². The van der Waals surface area contributed by atoms with Crippen LogP contribution in [0, 0.1) is 6.92 Å². The first-order valence-electron chi connectivity index (χ1n) is 9.87. The van der Waals surface area contributed by atoms with Gasteiger partial charge in [0.2, 0.25) is 0 Å². The van der Waals surface area contributed by atoms with Crippen LogP contribution < -0.4 is 0 Å². The zero-order valence-electron chi connectivity index (χ0n) is 16.9. The summed E-state index contributed by atoms with van der Waals surface area (Å²) < 4.78 is 41.8. The summed E-state index contributed by atoms with van der Waals surface area (Å²) in [5, 5.41) is 4.23. The smallest absolute Gasteiger partial charge is 0.330 e. The highest BCUT2D eigenvalue weighted by Gasteiger charge is 2.37. The van der Waals surface area contributed by atoms with Crippen molar-refractivity contribution in [1.29, 1.82) is 0 Å². The van der Waals surface area contributed by atoms with E-state index in [0.717, 1.165) is 17.0 Å². The lowest BCUT2D eigenvalue weighted by molar-refractivity contribution is -0.142. The van der Waals surface area contributed by atoms with E-state index in [1.54, 1.807) is 50.1 Å². The van der Waals surface area contributed by atoms with Gasteiger partial charge in [0.05, 0.1) is 17.3 Å². The minimum atomic E-state index is -4.56. The summed E-state index contributed by atoms with van der Waals surface area (Å²) in [6, 6.07) is 5.62. The molecule has 0 saturated carbocycles. The molecule has 0 radical (unpaired) electrons. The van der Waals surface area contributed by atoms with Gasteiger partial charge in [-0.1, -0.05) is 13.8 Å². The van der Waals surface area contributed by atoms with E-state index in [9.17, 15) is 18.0 Å². The van der Waals surface area contributed by atoms with Crippen molar-refractivity contribution in [1.82, 2.24) is 24.5 Å². The van der Waals surface area contributed by atoms with E-state index in [2.05, 4.69) is 15.1 Å². The second kappa shape index (κ2) is 7.37. The molecule has 1 saturated heterocycles. The molecule has 0 aromatic carbocycles. The number of fused-ring (bicyclic) bond motifs is 1. The van der Waals surface area contributed by atoms with Crippen LogP contribution in [0.1, 0.15) is 71.8 Å². The number of aryl methyl sites for hydroxylation is 1. The second-order valence-corrected chi connectivity index (χ2v) is 7.85. The fraction of sp³-hybridized carbons (Fsp3) is 0.429. The van der Waals surface area contributed by atoms with E-state index in [4.69, 9.17) is 0 Å². The molecule has 3 aromatic rings. The van der Waals surface area contributed by atoms with Crippen molar-refractivity contribution in [3.63, 3.8) is 0 Å². The molecular weight excluding hydrogens is 395 g/mol. The van der Waals surface area contributed by atoms with E-state index < -0.39 is 17.9 Å². The number of pyridine rings is 1. The summed E-state index contributed by atoms with van der Waals surface area (Å²) in [6.45, 7) is 5.87. The van der Waals surface area contributed by atoms with Gasteiger partial charge in [-0.2, -0.15) is 18.3 Å². The first-order valence-corrected chi connectivity index (χ1v) is 9.87. The van der Waals surface area contributed by atoms with Crippen molar-refractivity contribution in [2.24, 2.45) is 0 Å². The third-order valence-electron chi connectivity index (χ3n) is 5.44. The number of hydrogen-bond donors (Lipinski definition) is 0. The molecule has 0 spiro atoms. The van der Waals surface area contributed by atoms with E-state index in [1.807, 2.05) is 0 Å². The summed E-state index contributed by atoms with van der Waals surface area (Å²) in [4.78, 5) is 23.3. The average molecular weight is 417 g/mol. The van der Waals surface area contributed by atoms with Crippen LogP contribution in [0.2, 0.25) is 0 Å². The number of nitrogens with zero attached hydrogens (tertiary/aromatic N) is 5. The molecule has 4 heterocycles. The van der Waals surface area contributed by atoms with Crippen molar-refractivity contribution >= 4 is 11.6 Å². The van der Waals surface area contributed by atoms with E-state index in [-0.39, 0.29) is 17.5 Å². The standard InChI is InChI=1S/C21H22F3N5O/c1-12(2)15-10-18(21(22,23)24)29-19(26-15)11-16(27-29)17-7-5-9-28(17)20(30)14-6-4-8-25-13(14)3/h4,6,8,10-12,17H,5,7,9H2,1-3H3. The van der Waals surface area contributed by atoms with Crippen LogP contribution in [0.25, 0.3) is 5.65 Å². The Labute approximate surface area is 171 Å². The largest absolute Gasteiger partial charge is 0.433 e. The zero-order chi connectivity index (χ0) is 21.6. The molecular formula is C21H22F3N5O. The van der Waals surface area contributed by atoms with Gasteiger partial charge >= 0.3 is 6.18 Å². The maximum Gasteiger partial charge on any atom is 0.433 e. The Balaban J connectivity index is 1.77. The first-order chi connectivity index (χ1) is 14.2. The van der Waals surface area contributed by atoms with Crippen LogP contribution in [0.15, 0.2) is 30.5 Å². The van der Waals surface area contributed by atoms with Gasteiger partial charge in [-0.05, 0) is 43.9 Å². The normalized spacial score (nSPS) is 17.3. The SMILES string of the molecule is Cc1ncccc1C(=O)N1CCCC1c1cc2nc(C(C)C)cc(C(F)(F)F)n2n1. The molecule has 1 fully saturated rings. The quantitative estimate of drug-likeness (QED) is 0.627. The van der Waals surface area contributed by atoms with E-state index in [1.165, 1.54) is 0 Å². The van der Waals surface area contributed by atoms with Crippen LogP contribution in [-0.2, 0) is 6.18 Å². The molecule has 0 N–H and O–H groups in total. The number of rotatable bonds is 3. The van der Waals surface area contributed by atoms with Gasteiger partial charge in [0.15, 0.2) is 5.65 Å². The molecule has 0 aliphatic carbocycles. The molecule has 1 aliphatic heterocycles. The third kappa shape index (κ3) is 3.53. The summed E-state index contributed by atoms with van der Waals surface area (Å²) in [7, 11) is 0. The van der Waals surface area contributed by atoms with E-state index >= 15 is 0 Å². The third-order valence-corrected chi connectivity index (χ3v) is 5.44. The molecule has 3 aromatic heterocycles. The number of likely N-dealkylation sites (tertiary alicyclic amines) is 1. The van der Waals surface area contributed by atoms with Gasteiger partial charge in [-0.3, -0.25) is 9.78 Å². The van der Waals surface area contributed by atoms with Crippen molar-refractivity contribution in [3.05, 3.63) is 58.8 Å². The Morgan fingerprint density at radius 1 is 1.27 bits per heavy atom. The molecule has 30 heavy (non-hydrogen) atoms. The Hall–Kier alpha value is -2.97. The number of carbonyl (C=O) groups excluding carboxylic acids is 1. The van der Waals surface area contributed by atoms with Crippen molar-refractivity contribution in [3.8, 4) is 0 Å². The number of hydrogen-bond acceptors (Lipinski definition) is 4. The van der Waals surface area contributed by atoms with Gasteiger partial charge < -0.3 is 4.90 Å². The van der Waals surface area contributed by atoms with Gasteiger partial charge in [0.1, 0.15) is 5.69 Å². The molecule has 1 unspecified atom stereocenters. The number of halogens is 3. The summed E-state index contributed by atoms with van der Waals surface area (Å²) in [5.74, 6) is -0.348. The highest BCUT2D eigenvalue weighted by Crippen LogP contribution is 2.35. The minimum Gasteiger partial charge on any atom is -0.330 e. The molecule has 4 rings (SSSR count). The number of carbonyl (C=O) groups is 1. The minimum absolute atomic E-state index is 0.139. The zero-order valence-corrected chi connectivity index (χ0v) is 16.9.